The van der Waals surface area contributed by atoms with Crippen molar-refractivity contribution in [3.05, 3.63) is 0 Å². The predicted molar refractivity (Wildman–Crippen MR) is 67.7 cm³/mol. The second-order valence-corrected chi connectivity index (χ2v) is 5.29. The molecule has 112 valence electrons. The van der Waals surface area contributed by atoms with Gasteiger partial charge in [0.2, 0.25) is 5.91 Å². The fourth-order valence-corrected chi connectivity index (χ4v) is 2.65. The van der Waals surface area contributed by atoms with E-state index in [-0.39, 0.29) is 18.9 Å². The molecular formula is C13H23F3N2O. The molecule has 1 unspecified atom stereocenters. The topological polar surface area (TPSA) is 41.1 Å². The molecule has 1 rings (SSSR count). The summed E-state index contributed by atoms with van der Waals surface area (Å²) in [5.41, 5.74) is -0.425. The highest BCUT2D eigenvalue weighted by molar-refractivity contribution is 5.83. The zero-order valence-electron chi connectivity index (χ0n) is 11.4. The van der Waals surface area contributed by atoms with Gasteiger partial charge in [-0.25, -0.2) is 0 Å². The molecule has 1 fully saturated rings. The molecule has 0 aromatic carbocycles. The van der Waals surface area contributed by atoms with Gasteiger partial charge in [0.25, 0.3) is 0 Å². The molecule has 1 aliphatic rings. The predicted octanol–water partition coefficient (Wildman–Crippen LogP) is 2.62. The van der Waals surface area contributed by atoms with Crippen LogP contribution in [0.3, 0.4) is 0 Å². The minimum atomic E-state index is -4.14. The molecule has 0 spiro atoms. The smallest absolute Gasteiger partial charge is 0.356 e. The highest BCUT2D eigenvalue weighted by atomic mass is 19.4. The molecule has 1 aliphatic heterocycles. The number of nitrogens with one attached hydrogen (secondary N) is 2. The number of alkyl halides is 3. The van der Waals surface area contributed by atoms with Crippen molar-refractivity contribution in [3.8, 4) is 0 Å². The molecule has 1 atom stereocenters. The average Bonchev–Trinajstić information content (AvgIpc) is 2.34. The average molecular weight is 280 g/mol. The lowest BCUT2D eigenvalue weighted by Crippen LogP contribution is -2.50. The summed E-state index contributed by atoms with van der Waals surface area (Å²) in [5.74, 6) is -0.0938. The summed E-state index contributed by atoms with van der Waals surface area (Å²) < 4.78 is 36.0. The number of hydrogen-bond acceptors (Lipinski definition) is 2. The summed E-state index contributed by atoms with van der Waals surface area (Å²) in [4.78, 5) is 12.2. The first-order chi connectivity index (χ1) is 8.90. The van der Waals surface area contributed by atoms with Crippen LogP contribution in [0, 0.1) is 5.41 Å². The molecule has 0 radical (unpaired) electrons. The summed E-state index contributed by atoms with van der Waals surface area (Å²) in [6, 6.07) is 0. The van der Waals surface area contributed by atoms with Gasteiger partial charge in [-0.3, -0.25) is 4.79 Å². The molecule has 3 nitrogen and oxygen atoms in total. The number of hydrogen-bond donors (Lipinski definition) is 2. The second-order valence-electron chi connectivity index (χ2n) is 5.29. The molecule has 2 N–H and O–H groups in total. The first-order valence-electron chi connectivity index (χ1n) is 6.95. The SMILES string of the molecule is CCCC1(C(=O)NCCCC(F)(F)F)CCCNC1. The third kappa shape index (κ3) is 5.38. The number of amides is 1. The van der Waals surface area contributed by atoms with Gasteiger partial charge < -0.3 is 10.6 Å². The van der Waals surface area contributed by atoms with Crippen LogP contribution in [0.1, 0.15) is 45.4 Å². The van der Waals surface area contributed by atoms with Gasteiger partial charge in [-0.15, -0.1) is 0 Å². The monoisotopic (exact) mass is 280 g/mol. The molecule has 0 saturated carbocycles. The van der Waals surface area contributed by atoms with Gasteiger partial charge >= 0.3 is 6.18 Å². The van der Waals surface area contributed by atoms with Crippen LogP contribution in [0.25, 0.3) is 0 Å². The summed E-state index contributed by atoms with van der Waals surface area (Å²) >= 11 is 0. The first kappa shape index (κ1) is 16.3. The zero-order chi connectivity index (χ0) is 14.4. The number of rotatable bonds is 6. The Balaban J connectivity index is 2.40. The van der Waals surface area contributed by atoms with Crippen LogP contribution < -0.4 is 10.6 Å². The van der Waals surface area contributed by atoms with Crippen LogP contribution in [0.5, 0.6) is 0 Å². The lowest BCUT2D eigenvalue weighted by Gasteiger charge is -2.36. The molecular weight excluding hydrogens is 257 g/mol. The van der Waals surface area contributed by atoms with Gasteiger partial charge in [-0.05, 0) is 32.2 Å². The van der Waals surface area contributed by atoms with Gasteiger partial charge in [0.15, 0.2) is 0 Å². The van der Waals surface area contributed by atoms with E-state index in [1.54, 1.807) is 0 Å². The third-order valence-corrected chi connectivity index (χ3v) is 3.61. The van der Waals surface area contributed by atoms with Crippen molar-refractivity contribution in [3.63, 3.8) is 0 Å². The lowest BCUT2D eigenvalue weighted by molar-refractivity contribution is -0.138. The molecule has 0 aromatic rings. The van der Waals surface area contributed by atoms with E-state index in [2.05, 4.69) is 10.6 Å². The van der Waals surface area contributed by atoms with E-state index in [4.69, 9.17) is 0 Å². The molecule has 19 heavy (non-hydrogen) atoms. The lowest BCUT2D eigenvalue weighted by atomic mass is 9.76. The van der Waals surface area contributed by atoms with Crippen LogP contribution in [-0.2, 0) is 4.79 Å². The van der Waals surface area contributed by atoms with Crippen LogP contribution in [0.2, 0.25) is 0 Å². The van der Waals surface area contributed by atoms with Gasteiger partial charge in [0.1, 0.15) is 0 Å². The Morgan fingerprint density at radius 2 is 2.16 bits per heavy atom. The van der Waals surface area contributed by atoms with Gasteiger partial charge in [0.05, 0.1) is 5.41 Å². The quantitative estimate of drug-likeness (QED) is 0.734. The minimum absolute atomic E-state index is 0.0507. The Morgan fingerprint density at radius 3 is 2.68 bits per heavy atom. The first-order valence-corrected chi connectivity index (χ1v) is 6.95. The van der Waals surface area contributed by atoms with Gasteiger partial charge in [-0.1, -0.05) is 13.3 Å². The van der Waals surface area contributed by atoms with Crippen molar-refractivity contribution in [2.75, 3.05) is 19.6 Å². The van der Waals surface area contributed by atoms with E-state index in [1.807, 2.05) is 6.92 Å². The van der Waals surface area contributed by atoms with Gasteiger partial charge in [0, 0.05) is 19.5 Å². The number of carbonyl (C=O) groups excluding carboxylic acids is 1. The normalized spacial score (nSPS) is 24.2. The molecule has 6 heteroatoms. The van der Waals surface area contributed by atoms with Crippen molar-refractivity contribution in [2.24, 2.45) is 5.41 Å². The van der Waals surface area contributed by atoms with Crippen LogP contribution in [-0.4, -0.2) is 31.7 Å². The maximum Gasteiger partial charge on any atom is 0.389 e. The van der Waals surface area contributed by atoms with Crippen LogP contribution >= 0.6 is 0 Å². The standard InChI is InChI=1S/C13H23F3N2O/c1-2-5-12(6-3-8-17-10-12)11(19)18-9-4-7-13(14,15)16/h17H,2-10H2,1H3,(H,18,19). The Morgan fingerprint density at radius 1 is 1.42 bits per heavy atom. The third-order valence-electron chi connectivity index (χ3n) is 3.61. The summed E-state index contributed by atoms with van der Waals surface area (Å²) in [6.07, 6.45) is -1.59. The molecule has 1 amide bonds. The van der Waals surface area contributed by atoms with Crippen molar-refractivity contribution in [2.45, 2.75) is 51.6 Å². The Labute approximate surface area is 112 Å². The molecule has 0 aliphatic carbocycles. The number of halogens is 3. The Hall–Kier alpha value is -0.780. The summed E-state index contributed by atoms with van der Waals surface area (Å²) in [7, 11) is 0. The van der Waals surface area contributed by atoms with Crippen molar-refractivity contribution in [1.29, 1.82) is 0 Å². The maximum absolute atomic E-state index is 12.2. The second kappa shape index (κ2) is 7.12. The number of piperidine rings is 1. The summed E-state index contributed by atoms with van der Waals surface area (Å²) in [5, 5.41) is 5.89. The molecule has 1 heterocycles. The fraction of sp³-hybridized carbons (Fsp3) is 0.923. The van der Waals surface area contributed by atoms with Crippen molar-refractivity contribution >= 4 is 5.91 Å². The maximum atomic E-state index is 12.2. The number of carbonyl (C=O) groups is 1. The highest BCUT2D eigenvalue weighted by Crippen LogP contribution is 2.31. The van der Waals surface area contributed by atoms with Gasteiger partial charge in [-0.2, -0.15) is 13.2 Å². The van der Waals surface area contributed by atoms with E-state index in [0.29, 0.717) is 6.54 Å². The Kier molecular flexibility index (Phi) is 6.10. The van der Waals surface area contributed by atoms with E-state index >= 15 is 0 Å². The van der Waals surface area contributed by atoms with Crippen LogP contribution in [0.15, 0.2) is 0 Å². The largest absolute Gasteiger partial charge is 0.389 e. The molecule has 0 aromatic heterocycles. The van der Waals surface area contributed by atoms with Crippen molar-refractivity contribution in [1.82, 2.24) is 10.6 Å². The van der Waals surface area contributed by atoms with E-state index in [1.165, 1.54) is 0 Å². The summed E-state index contributed by atoms with van der Waals surface area (Å²) in [6.45, 7) is 3.66. The van der Waals surface area contributed by atoms with E-state index in [9.17, 15) is 18.0 Å². The zero-order valence-corrected chi connectivity index (χ0v) is 11.4. The minimum Gasteiger partial charge on any atom is -0.356 e. The van der Waals surface area contributed by atoms with Crippen LogP contribution in [0.4, 0.5) is 13.2 Å². The van der Waals surface area contributed by atoms with E-state index < -0.39 is 18.0 Å². The highest BCUT2D eigenvalue weighted by Gasteiger charge is 2.38. The fourth-order valence-electron chi connectivity index (χ4n) is 2.65. The Bertz CT molecular complexity index is 281. The van der Waals surface area contributed by atoms with Crippen molar-refractivity contribution < 1.29 is 18.0 Å². The van der Waals surface area contributed by atoms with E-state index in [0.717, 1.165) is 32.2 Å². The molecule has 0 bridgehead atoms. The molecule has 1 saturated heterocycles.